The standard InChI is InChI=1S/C18H20FNO4S/c1-2-20(25(21,22)13-14-6-5-7-15(19)10-14)11-16-12-23-17-8-3-4-9-18(17)24-16/h3-10,16H,2,11-13H2,1H3. The molecule has 3 rings (SSSR count). The van der Waals surface area contributed by atoms with Gasteiger partial charge < -0.3 is 9.47 Å². The van der Waals surface area contributed by atoms with Gasteiger partial charge in [0.15, 0.2) is 11.5 Å². The Labute approximate surface area is 147 Å². The molecule has 0 saturated carbocycles. The van der Waals surface area contributed by atoms with Crippen LogP contribution >= 0.6 is 0 Å². The highest BCUT2D eigenvalue weighted by atomic mass is 32.2. The lowest BCUT2D eigenvalue weighted by atomic mass is 10.2. The van der Waals surface area contributed by atoms with Crippen molar-refractivity contribution < 1.29 is 22.3 Å². The second-order valence-corrected chi connectivity index (χ2v) is 7.80. The number of fused-ring (bicyclic) bond motifs is 1. The molecule has 25 heavy (non-hydrogen) atoms. The largest absolute Gasteiger partial charge is 0.486 e. The van der Waals surface area contributed by atoms with E-state index in [0.29, 0.717) is 23.6 Å². The van der Waals surface area contributed by atoms with Crippen molar-refractivity contribution in [1.29, 1.82) is 0 Å². The molecule has 0 N–H and O–H groups in total. The number of nitrogens with zero attached hydrogens (tertiary/aromatic N) is 1. The average molecular weight is 365 g/mol. The molecule has 134 valence electrons. The molecule has 0 fully saturated rings. The summed E-state index contributed by atoms with van der Waals surface area (Å²) < 4.78 is 51.4. The minimum atomic E-state index is -3.59. The predicted molar refractivity (Wildman–Crippen MR) is 92.6 cm³/mol. The molecule has 0 spiro atoms. The molecule has 0 bridgehead atoms. The molecule has 0 aliphatic carbocycles. The molecule has 2 aromatic carbocycles. The predicted octanol–water partition coefficient (Wildman–Crippen LogP) is 2.82. The summed E-state index contributed by atoms with van der Waals surface area (Å²) in [7, 11) is -3.59. The van der Waals surface area contributed by atoms with Crippen LogP contribution in [0.25, 0.3) is 0 Å². The zero-order chi connectivity index (χ0) is 17.9. The van der Waals surface area contributed by atoms with Crippen molar-refractivity contribution in [2.45, 2.75) is 18.8 Å². The molecule has 0 saturated heterocycles. The molecule has 2 aromatic rings. The first-order valence-corrected chi connectivity index (χ1v) is 9.69. The summed E-state index contributed by atoms with van der Waals surface area (Å²) in [6.45, 7) is 2.53. The third-order valence-electron chi connectivity index (χ3n) is 3.96. The molecule has 7 heteroatoms. The summed E-state index contributed by atoms with van der Waals surface area (Å²) >= 11 is 0. The van der Waals surface area contributed by atoms with E-state index in [1.54, 1.807) is 19.1 Å². The number of hydrogen-bond acceptors (Lipinski definition) is 4. The van der Waals surface area contributed by atoms with Crippen molar-refractivity contribution in [2.75, 3.05) is 19.7 Å². The summed E-state index contributed by atoms with van der Waals surface area (Å²) in [5, 5.41) is 0. The topological polar surface area (TPSA) is 55.8 Å². The third-order valence-corrected chi connectivity index (χ3v) is 5.85. The monoisotopic (exact) mass is 365 g/mol. The third kappa shape index (κ3) is 4.29. The van der Waals surface area contributed by atoms with E-state index in [9.17, 15) is 12.8 Å². The molecule has 1 heterocycles. The van der Waals surface area contributed by atoms with Crippen LogP contribution in [0.4, 0.5) is 4.39 Å². The van der Waals surface area contributed by atoms with E-state index < -0.39 is 21.9 Å². The summed E-state index contributed by atoms with van der Waals surface area (Å²) in [6.07, 6.45) is -0.392. The molecule has 5 nitrogen and oxygen atoms in total. The van der Waals surface area contributed by atoms with Crippen molar-refractivity contribution in [3.63, 3.8) is 0 Å². The van der Waals surface area contributed by atoms with Gasteiger partial charge in [-0.2, -0.15) is 4.31 Å². The fourth-order valence-electron chi connectivity index (χ4n) is 2.75. The molecular formula is C18H20FNO4S. The molecule has 1 atom stereocenters. The van der Waals surface area contributed by atoms with Crippen LogP contribution in [0.1, 0.15) is 12.5 Å². The lowest BCUT2D eigenvalue weighted by Gasteiger charge is -2.30. The highest BCUT2D eigenvalue weighted by molar-refractivity contribution is 7.88. The zero-order valence-corrected chi connectivity index (χ0v) is 14.7. The molecular weight excluding hydrogens is 345 g/mol. The number of halogens is 1. The quantitative estimate of drug-likeness (QED) is 0.790. The van der Waals surface area contributed by atoms with Gasteiger partial charge in [-0.3, -0.25) is 0 Å². The molecule has 0 radical (unpaired) electrons. The van der Waals surface area contributed by atoms with E-state index in [4.69, 9.17) is 9.47 Å². The summed E-state index contributed by atoms with van der Waals surface area (Å²) in [6, 6.07) is 12.9. The second-order valence-electron chi connectivity index (χ2n) is 5.83. The Bertz CT molecular complexity index is 840. The normalized spacial score (nSPS) is 16.8. The summed E-state index contributed by atoms with van der Waals surface area (Å²) in [5.74, 6) is 0.570. The van der Waals surface area contributed by atoms with Crippen molar-refractivity contribution >= 4 is 10.0 Å². The number of sulfonamides is 1. The second kappa shape index (κ2) is 7.41. The van der Waals surface area contributed by atoms with Crippen LogP contribution in [0.2, 0.25) is 0 Å². The first-order valence-electron chi connectivity index (χ1n) is 8.08. The molecule has 0 amide bonds. The van der Waals surface area contributed by atoms with Crippen LogP contribution in [0.3, 0.4) is 0 Å². The molecule has 1 unspecified atom stereocenters. The van der Waals surface area contributed by atoms with E-state index in [2.05, 4.69) is 0 Å². The fraction of sp³-hybridized carbons (Fsp3) is 0.333. The molecule has 1 aliphatic heterocycles. The highest BCUT2D eigenvalue weighted by Crippen LogP contribution is 2.31. The molecule has 1 aliphatic rings. The minimum Gasteiger partial charge on any atom is -0.486 e. The highest BCUT2D eigenvalue weighted by Gasteiger charge is 2.28. The van der Waals surface area contributed by atoms with Crippen LogP contribution < -0.4 is 9.47 Å². The van der Waals surface area contributed by atoms with Gasteiger partial charge in [0, 0.05) is 6.54 Å². The maximum Gasteiger partial charge on any atom is 0.218 e. The number of likely N-dealkylation sites (N-methyl/N-ethyl adjacent to an activating group) is 1. The Morgan fingerprint density at radius 3 is 2.64 bits per heavy atom. The maximum absolute atomic E-state index is 13.3. The van der Waals surface area contributed by atoms with E-state index in [-0.39, 0.29) is 18.9 Å². The van der Waals surface area contributed by atoms with E-state index in [0.717, 1.165) is 0 Å². The number of ether oxygens (including phenoxy) is 2. The average Bonchev–Trinajstić information content (AvgIpc) is 2.59. The lowest BCUT2D eigenvalue weighted by molar-refractivity contribution is 0.0771. The van der Waals surface area contributed by atoms with Crippen LogP contribution in [-0.2, 0) is 15.8 Å². The van der Waals surface area contributed by atoms with Gasteiger partial charge in [0.1, 0.15) is 18.5 Å². The zero-order valence-electron chi connectivity index (χ0n) is 13.9. The van der Waals surface area contributed by atoms with Gasteiger partial charge in [-0.25, -0.2) is 12.8 Å². The smallest absolute Gasteiger partial charge is 0.218 e. The van der Waals surface area contributed by atoms with E-state index in [1.165, 1.54) is 22.5 Å². The lowest BCUT2D eigenvalue weighted by Crippen LogP contribution is -2.43. The van der Waals surface area contributed by atoms with Gasteiger partial charge in [-0.05, 0) is 29.8 Å². The van der Waals surface area contributed by atoms with Crippen LogP contribution in [0.15, 0.2) is 48.5 Å². The Balaban J connectivity index is 1.69. The Morgan fingerprint density at radius 1 is 1.16 bits per heavy atom. The maximum atomic E-state index is 13.3. The van der Waals surface area contributed by atoms with Gasteiger partial charge in [0.25, 0.3) is 0 Å². The van der Waals surface area contributed by atoms with Crippen LogP contribution in [0.5, 0.6) is 11.5 Å². The van der Waals surface area contributed by atoms with E-state index in [1.807, 2.05) is 18.2 Å². The van der Waals surface area contributed by atoms with Gasteiger partial charge in [0.05, 0.1) is 12.3 Å². The van der Waals surface area contributed by atoms with Crippen LogP contribution in [-0.4, -0.2) is 38.5 Å². The first-order chi connectivity index (χ1) is 12.0. The van der Waals surface area contributed by atoms with Crippen molar-refractivity contribution in [2.24, 2.45) is 0 Å². The molecule has 0 aromatic heterocycles. The summed E-state index contributed by atoms with van der Waals surface area (Å²) in [5.41, 5.74) is 0.421. The number of rotatable bonds is 6. The first kappa shape index (κ1) is 17.7. The summed E-state index contributed by atoms with van der Waals surface area (Å²) in [4.78, 5) is 0. The number of benzene rings is 2. The number of hydrogen-bond donors (Lipinski definition) is 0. The van der Waals surface area contributed by atoms with Gasteiger partial charge in [0.2, 0.25) is 10.0 Å². The Morgan fingerprint density at radius 2 is 1.92 bits per heavy atom. The fourth-order valence-corrected chi connectivity index (χ4v) is 4.32. The number of para-hydroxylation sites is 2. The Hall–Kier alpha value is -2.12. The van der Waals surface area contributed by atoms with Gasteiger partial charge in [-0.15, -0.1) is 0 Å². The van der Waals surface area contributed by atoms with Gasteiger partial charge in [-0.1, -0.05) is 31.2 Å². The van der Waals surface area contributed by atoms with Crippen molar-refractivity contribution in [3.05, 3.63) is 59.9 Å². The Kier molecular flexibility index (Phi) is 5.24. The minimum absolute atomic E-state index is 0.183. The SMILES string of the molecule is CCN(CC1COc2ccccc2O1)S(=O)(=O)Cc1cccc(F)c1. The van der Waals surface area contributed by atoms with Gasteiger partial charge >= 0.3 is 0 Å². The van der Waals surface area contributed by atoms with Crippen molar-refractivity contribution in [1.82, 2.24) is 4.31 Å². The van der Waals surface area contributed by atoms with Crippen LogP contribution in [0, 0.1) is 5.82 Å². The van der Waals surface area contributed by atoms with Crippen molar-refractivity contribution in [3.8, 4) is 11.5 Å². The van der Waals surface area contributed by atoms with E-state index >= 15 is 0 Å².